The quantitative estimate of drug-likeness (QED) is 0.207. The highest BCUT2D eigenvalue weighted by atomic mass is 19.4. The molecule has 5 nitrogen and oxygen atoms in total. The van der Waals surface area contributed by atoms with Crippen LogP contribution in [-0.4, -0.2) is 22.7 Å². The van der Waals surface area contributed by atoms with E-state index in [1.807, 2.05) is 30.3 Å². The van der Waals surface area contributed by atoms with Gasteiger partial charge in [-0.3, -0.25) is 9.48 Å². The highest BCUT2D eigenvalue weighted by Crippen LogP contribution is 2.39. The van der Waals surface area contributed by atoms with E-state index < -0.39 is 11.7 Å². The molecule has 192 valence electrons. The Balaban J connectivity index is 1.64. The van der Waals surface area contributed by atoms with E-state index in [4.69, 9.17) is 9.47 Å². The van der Waals surface area contributed by atoms with Crippen LogP contribution < -0.4 is 9.47 Å². The number of ether oxygens (including phenoxy) is 2. The van der Waals surface area contributed by atoms with Crippen molar-refractivity contribution in [1.29, 1.82) is 0 Å². The summed E-state index contributed by atoms with van der Waals surface area (Å²) in [5.41, 5.74) is 1.50. The first-order chi connectivity index (χ1) is 18.2. The first-order valence-electron chi connectivity index (χ1n) is 11.8. The number of benzene rings is 4. The van der Waals surface area contributed by atoms with Crippen molar-refractivity contribution in [3.63, 3.8) is 0 Å². The fraction of sp³-hybridized carbons (Fsp3) is 0.133. The number of methoxy groups -OCH3 is 1. The van der Waals surface area contributed by atoms with Gasteiger partial charge < -0.3 is 9.47 Å². The molecule has 0 saturated carbocycles. The first-order valence-corrected chi connectivity index (χ1v) is 11.8. The lowest BCUT2D eigenvalue weighted by Crippen LogP contribution is -2.06. The third-order valence-electron chi connectivity index (χ3n) is 6.15. The molecule has 0 saturated heterocycles. The van der Waals surface area contributed by atoms with E-state index in [0.29, 0.717) is 39.5 Å². The molecule has 0 atom stereocenters. The molecule has 0 bridgehead atoms. The standard InChI is InChI=1S/C30H23F3N2O3/c1-19(36)24-15-14-22(37-2)17-27(24)38-23-11-6-10-21(16-23)29-25-12-7-13-26(30(31,32)33)28(25)34-35(29)18-20-8-4-3-5-9-20/h3-17H,18H2,1-2H3. The van der Waals surface area contributed by atoms with Crippen molar-refractivity contribution in [2.75, 3.05) is 7.11 Å². The molecular formula is C30H23F3N2O3. The molecule has 38 heavy (non-hydrogen) atoms. The predicted octanol–water partition coefficient (Wildman–Crippen LogP) is 7.77. The van der Waals surface area contributed by atoms with E-state index in [1.54, 1.807) is 53.2 Å². The van der Waals surface area contributed by atoms with Crippen LogP contribution in [0.15, 0.2) is 91.0 Å². The van der Waals surface area contributed by atoms with E-state index in [-0.39, 0.29) is 17.8 Å². The minimum absolute atomic E-state index is 0.121. The van der Waals surface area contributed by atoms with Crippen LogP contribution in [0.3, 0.4) is 0 Å². The molecule has 0 unspecified atom stereocenters. The molecule has 5 rings (SSSR count). The Morgan fingerprint density at radius 1 is 0.895 bits per heavy atom. The van der Waals surface area contributed by atoms with Gasteiger partial charge in [0.1, 0.15) is 22.8 Å². The molecule has 8 heteroatoms. The summed E-state index contributed by atoms with van der Waals surface area (Å²) in [6.07, 6.45) is -4.55. The number of carbonyl (C=O) groups is 1. The minimum atomic E-state index is -4.55. The second kappa shape index (κ2) is 10.0. The zero-order valence-electron chi connectivity index (χ0n) is 20.6. The molecule has 0 aliphatic heterocycles. The molecular weight excluding hydrogens is 493 g/mol. The van der Waals surface area contributed by atoms with Crippen molar-refractivity contribution in [3.05, 3.63) is 108 Å². The lowest BCUT2D eigenvalue weighted by atomic mass is 10.0. The van der Waals surface area contributed by atoms with E-state index >= 15 is 0 Å². The van der Waals surface area contributed by atoms with Crippen LogP contribution in [-0.2, 0) is 12.7 Å². The number of rotatable bonds is 7. The van der Waals surface area contributed by atoms with Gasteiger partial charge in [0, 0.05) is 17.0 Å². The van der Waals surface area contributed by atoms with Gasteiger partial charge in [-0.25, -0.2) is 0 Å². The van der Waals surface area contributed by atoms with E-state index in [0.717, 1.165) is 11.6 Å². The lowest BCUT2D eigenvalue weighted by Gasteiger charge is -2.13. The predicted molar refractivity (Wildman–Crippen MR) is 139 cm³/mol. The van der Waals surface area contributed by atoms with Gasteiger partial charge in [-0.2, -0.15) is 18.3 Å². The van der Waals surface area contributed by atoms with Gasteiger partial charge in [0.05, 0.1) is 30.5 Å². The fourth-order valence-electron chi connectivity index (χ4n) is 4.39. The van der Waals surface area contributed by atoms with Crippen LogP contribution in [0.1, 0.15) is 28.4 Å². The second-order valence-corrected chi connectivity index (χ2v) is 8.74. The van der Waals surface area contributed by atoms with E-state index in [9.17, 15) is 18.0 Å². The van der Waals surface area contributed by atoms with Crippen molar-refractivity contribution in [2.45, 2.75) is 19.6 Å². The summed E-state index contributed by atoms with van der Waals surface area (Å²) in [4.78, 5) is 12.2. The van der Waals surface area contributed by atoms with Crippen LogP contribution in [0.5, 0.6) is 17.2 Å². The monoisotopic (exact) mass is 516 g/mol. The number of hydrogen-bond acceptors (Lipinski definition) is 4. The van der Waals surface area contributed by atoms with Crippen molar-refractivity contribution < 1.29 is 27.4 Å². The maximum atomic E-state index is 13.9. The number of Topliss-reactive ketones (excluding diaryl/α,β-unsaturated/α-hetero) is 1. The van der Waals surface area contributed by atoms with Crippen LogP contribution in [0.25, 0.3) is 22.2 Å². The molecule has 0 radical (unpaired) electrons. The Morgan fingerprint density at radius 2 is 1.66 bits per heavy atom. The normalized spacial score (nSPS) is 11.5. The molecule has 1 heterocycles. The highest BCUT2D eigenvalue weighted by molar-refractivity contribution is 5.97. The Morgan fingerprint density at radius 3 is 2.37 bits per heavy atom. The van der Waals surface area contributed by atoms with Crippen LogP contribution >= 0.6 is 0 Å². The molecule has 0 amide bonds. The summed E-state index contributed by atoms with van der Waals surface area (Å²) < 4.78 is 54.5. The highest BCUT2D eigenvalue weighted by Gasteiger charge is 2.34. The Bertz CT molecular complexity index is 1630. The summed E-state index contributed by atoms with van der Waals surface area (Å²) in [7, 11) is 1.52. The second-order valence-electron chi connectivity index (χ2n) is 8.74. The number of nitrogens with zero attached hydrogens (tertiary/aromatic N) is 2. The van der Waals surface area contributed by atoms with Gasteiger partial charge in [0.2, 0.25) is 0 Å². The molecule has 0 spiro atoms. The fourth-order valence-corrected chi connectivity index (χ4v) is 4.39. The van der Waals surface area contributed by atoms with Crippen LogP contribution in [0, 0.1) is 0 Å². The van der Waals surface area contributed by atoms with Crippen molar-refractivity contribution >= 4 is 16.7 Å². The molecule has 0 aliphatic carbocycles. The zero-order chi connectivity index (χ0) is 26.9. The van der Waals surface area contributed by atoms with Gasteiger partial charge in [0.25, 0.3) is 0 Å². The van der Waals surface area contributed by atoms with Crippen molar-refractivity contribution in [2.24, 2.45) is 0 Å². The molecule has 0 fully saturated rings. The number of halogens is 3. The van der Waals surface area contributed by atoms with Gasteiger partial charge in [-0.1, -0.05) is 54.6 Å². The Kier molecular flexibility index (Phi) is 6.63. The van der Waals surface area contributed by atoms with E-state index in [2.05, 4.69) is 5.10 Å². The van der Waals surface area contributed by atoms with Crippen molar-refractivity contribution in [1.82, 2.24) is 9.78 Å². The maximum Gasteiger partial charge on any atom is 0.418 e. The van der Waals surface area contributed by atoms with Crippen molar-refractivity contribution in [3.8, 4) is 28.5 Å². The average Bonchev–Trinajstić information content (AvgIpc) is 3.26. The smallest absolute Gasteiger partial charge is 0.418 e. The Hall–Kier alpha value is -4.59. The third kappa shape index (κ3) is 4.98. The van der Waals surface area contributed by atoms with Gasteiger partial charge in [-0.15, -0.1) is 0 Å². The molecule has 4 aromatic carbocycles. The minimum Gasteiger partial charge on any atom is -0.497 e. The van der Waals surface area contributed by atoms with Crippen LogP contribution in [0.4, 0.5) is 13.2 Å². The number of ketones is 1. The van der Waals surface area contributed by atoms with Gasteiger partial charge >= 0.3 is 6.18 Å². The zero-order valence-corrected chi connectivity index (χ0v) is 20.6. The summed E-state index contributed by atoms with van der Waals surface area (Å²) in [6, 6.07) is 25.4. The molecule has 0 N–H and O–H groups in total. The maximum absolute atomic E-state index is 13.9. The topological polar surface area (TPSA) is 53.4 Å². The lowest BCUT2D eigenvalue weighted by molar-refractivity contribution is -0.136. The number of hydrogen-bond donors (Lipinski definition) is 0. The average molecular weight is 517 g/mol. The summed E-state index contributed by atoms with van der Waals surface area (Å²) in [6.45, 7) is 1.72. The largest absolute Gasteiger partial charge is 0.497 e. The summed E-state index contributed by atoms with van der Waals surface area (Å²) >= 11 is 0. The van der Waals surface area contributed by atoms with Crippen LogP contribution in [0.2, 0.25) is 0 Å². The molecule has 0 aliphatic rings. The first kappa shape index (κ1) is 25.1. The van der Waals surface area contributed by atoms with E-state index in [1.165, 1.54) is 20.1 Å². The molecule has 5 aromatic rings. The number of aromatic nitrogens is 2. The summed E-state index contributed by atoms with van der Waals surface area (Å²) in [5, 5.41) is 4.79. The van der Waals surface area contributed by atoms with Gasteiger partial charge in [-0.05, 0) is 42.8 Å². The number of alkyl halides is 3. The third-order valence-corrected chi connectivity index (χ3v) is 6.15. The SMILES string of the molecule is COc1ccc(C(C)=O)c(Oc2cccc(-c3c4cccc(C(F)(F)F)c4nn3Cc3ccccc3)c2)c1. The summed E-state index contributed by atoms with van der Waals surface area (Å²) in [5.74, 6) is 1.07. The molecule has 1 aromatic heterocycles. The number of fused-ring (bicyclic) bond motifs is 1. The number of carbonyl (C=O) groups excluding carboxylic acids is 1. The van der Waals surface area contributed by atoms with Gasteiger partial charge in [0.15, 0.2) is 5.78 Å². The Labute approximate surface area is 217 Å².